The van der Waals surface area contributed by atoms with Crippen LogP contribution in [0.5, 0.6) is 0 Å². The number of nitrogens with zero attached hydrogens (tertiary/aromatic N) is 1. The Balaban J connectivity index is 4.10. The molecule has 0 amide bonds. The molecule has 0 saturated carbocycles. The molecule has 0 atom stereocenters. The van der Waals surface area contributed by atoms with Crippen molar-refractivity contribution in [3.8, 4) is 0 Å². The van der Waals surface area contributed by atoms with Crippen LogP contribution in [0.4, 0.5) is 0 Å². The standard InChI is InChI=1S/C45H85NO7/c1-4-7-10-13-16-22-27-39-50-43(48)32-24-18-17-19-25-35-46(37-31-38-47)36-26-23-30-40-51-44(49)33-34-45(52-41-28-20-14-11-8-5-2)53-42-29-21-15-12-9-6-3/h8-9,11-12,45,47H,4-7,10,13-42H2,1-3H3/b11-8-,12-9-. The van der Waals surface area contributed by atoms with E-state index in [-0.39, 0.29) is 24.8 Å². The number of hydrogen-bond donors (Lipinski definition) is 1. The molecular weight excluding hydrogens is 666 g/mol. The molecule has 0 fully saturated rings. The minimum absolute atomic E-state index is 0.0430. The largest absolute Gasteiger partial charge is 0.466 e. The lowest BCUT2D eigenvalue weighted by atomic mass is 10.1. The van der Waals surface area contributed by atoms with Gasteiger partial charge in [0, 0.05) is 39.2 Å². The van der Waals surface area contributed by atoms with Gasteiger partial charge in [-0.1, -0.05) is 103 Å². The number of carbonyl (C=O) groups excluding carboxylic acids is 2. The molecule has 8 heteroatoms. The van der Waals surface area contributed by atoms with Crippen LogP contribution in [0.3, 0.4) is 0 Å². The molecular formula is C45H85NO7. The Labute approximate surface area is 327 Å². The summed E-state index contributed by atoms with van der Waals surface area (Å²) in [6.07, 6.45) is 36.0. The summed E-state index contributed by atoms with van der Waals surface area (Å²) in [5, 5.41) is 9.37. The van der Waals surface area contributed by atoms with E-state index in [0.717, 1.165) is 142 Å². The first-order valence-corrected chi connectivity index (χ1v) is 22.2. The normalized spacial score (nSPS) is 11.9. The number of ether oxygens (including phenoxy) is 4. The summed E-state index contributed by atoms with van der Waals surface area (Å²) in [6.45, 7) is 12.0. The van der Waals surface area contributed by atoms with Gasteiger partial charge in [0.25, 0.3) is 0 Å². The Kier molecular flexibility index (Phi) is 41.6. The van der Waals surface area contributed by atoms with Crippen molar-refractivity contribution >= 4 is 11.9 Å². The van der Waals surface area contributed by atoms with Crippen LogP contribution in [0.2, 0.25) is 0 Å². The minimum atomic E-state index is -0.363. The van der Waals surface area contributed by atoms with Crippen molar-refractivity contribution in [3.63, 3.8) is 0 Å². The van der Waals surface area contributed by atoms with Crippen molar-refractivity contribution in [2.24, 2.45) is 0 Å². The van der Waals surface area contributed by atoms with Crippen molar-refractivity contribution in [3.05, 3.63) is 24.3 Å². The van der Waals surface area contributed by atoms with Crippen molar-refractivity contribution in [2.45, 2.75) is 200 Å². The highest BCUT2D eigenvalue weighted by Crippen LogP contribution is 2.12. The summed E-state index contributed by atoms with van der Waals surface area (Å²) in [5.74, 6) is -0.222. The smallest absolute Gasteiger partial charge is 0.305 e. The molecule has 8 nitrogen and oxygen atoms in total. The number of allylic oxidation sites excluding steroid dienone is 4. The first kappa shape index (κ1) is 51.3. The first-order valence-electron chi connectivity index (χ1n) is 22.2. The van der Waals surface area contributed by atoms with Gasteiger partial charge in [0.05, 0.1) is 19.6 Å². The van der Waals surface area contributed by atoms with Crippen molar-refractivity contribution in [1.29, 1.82) is 0 Å². The van der Waals surface area contributed by atoms with Crippen LogP contribution in [-0.2, 0) is 28.5 Å². The summed E-state index contributed by atoms with van der Waals surface area (Å²) < 4.78 is 23.0. The quantitative estimate of drug-likeness (QED) is 0.0285. The zero-order chi connectivity index (χ0) is 38.7. The van der Waals surface area contributed by atoms with Crippen LogP contribution in [0.15, 0.2) is 24.3 Å². The van der Waals surface area contributed by atoms with E-state index in [1.807, 2.05) is 0 Å². The Bertz CT molecular complexity index is 810. The molecule has 0 aromatic rings. The minimum Gasteiger partial charge on any atom is -0.466 e. The van der Waals surface area contributed by atoms with Gasteiger partial charge < -0.3 is 29.0 Å². The predicted octanol–water partition coefficient (Wildman–Crippen LogP) is 11.4. The van der Waals surface area contributed by atoms with E-state index in [4.69, 9.17) is 18.9 Å². The molecule has 0 rings (SSSR count). The molecule has 0 heterocycles. The lowest BCUT2D eigenvalue weighted by Crippen LogP contribution is -2.28. The van der Waals surface area contributed by atoms with E-state index < -0.39 is 0 Å². The number of rotatable bonds is 42. The molecule has 0 unspecified atom stereocenters. The van der Waals surface area contributed by atoms with Crippen LogP contribution in [0.1, 0.15) is 194 Å². The molecule has 0 spiro atoms. The van der Waals surface area contributed by atoms with Crippen molar-refractivity contribution < 1.29 is 33.6 Å². The Morgan fingerprint density at radius 2 is 0.962 bits per heavy atom. The maximum Gasteiger partial charge on any atom is 0.305 e. The Hall–Kier alpha value is -1.74. The number of esters is 2. The molecule has 0 aliphatic carbocycles. The Morgan fingerprint density at radius 1 is 0.509 bits per heavy atom. The fourth-order valence-corrected chi connectivity index (χ4v) is 6.13. The number of hydrogen-bond acceptors (Lipinski definition) is 8. The third-order valence-electron chi connectivity index (χ3n) is 9.41. The fraction of sp³-hybridized carbons (Fsp3) is 0.867. The topological polar surface area (TPSA) is 94.5 Å². The number of carbonyl (C=O) groups is 2. The van der Waals surface area contributed by atoms with Crippen LogP contribution in [0, 0.1) is 0 Å². The van der Waals surface area contributed by atoms with Gasteiger partial charge in [-0.05, 0) is 109 Å². The summed E-state index contributed by atoms with van der Waals surface area (Å²) in [4.78, 5) is 27.0. The second kappa shape index (κ2) is 43.0. The molecule has 53 heavy (non-hydrogen) atoms. The Morgan fingerprint density at radius 3 is 1.51 bits per heavy atom. The number of aliphatic hydroxyl groups is 1. The van der Waals surface area contributed by atoms with Gasteiger partial charge in [-0.2, -0.15) is 0 Å². The third-order valence-corrected chi connectivity index (χ3v) is 9.41. The van der Waals surface area contributed by atoms with Crippen LogP contribution >= 0.6 is 0 Å². The van der Waals surface area contributed by atoms with Crippen LogP contribution in [0.25, 0.3) is 0 Å². The molecule has 0 aromatic carbocycles. The van der Waals surface area contributed by atoms with Crippen LogP contribution in [-0.4, -0.2) is 80.9 Å². The SMILES string of the molecule is CC/C=C\CCCCOC(CCC(=O)OCCCCCN(CCCO)CCCCCCCC(=O)OCCCCCCCCC)OCCCC/C=C\CC. The van der Waals surface area contributed by atoms with Crippen LogP contribution < -0.4 is 0 Å². The van der Waals surface area contributed by atoms with E-state index in [2.05, 4.69) is 50.0 Å². The average Bonchev–Trinajstić information content (AvgIpc) is 3.16. The fourth-order valence-electron chi connectivity index (χ4n) is 6.13. The molecule has 312 valence electrons. The number of aliphatic hydroxyl groups excluding tert-OH is 1. The van der Waals surface area contributed by atoms with E-state index in [9.17, 15) is 14.7 Å². The lowest BCUT2D eigenvalue weighted by molar-refractivity contribution is -0.159. The van der Waals surface area contributed by atoms with Gasteiger partial charge in [-0.3, -0.25) is 9.59 Å². The third kappa shape index (κ3) is 39.8. The molecule has 0 aliphatic heterocycles. The molecule has 1 N–H and O–H groups in total. The van der Waals surface area contributed by atoms with Gasteiger partial charge in [-0.25, -0.2) is 0 Å². The van der Waals surface area contributed by atoms with E-state index in [0.29, 0.717) is 45.7 Å². The second-order valence-electron chi connectivity index (χ2n) is 14.5. The van der Waals surface area contributed by atoms with Gasteiger partial charge in [0.2, 0.25) is 0 Å². The van der Waals surface area contributed by atoms with Gasteiger partial charge >= 0.3 is 11.9 Å². The highest BCUT2D eigenvalue weighted by Gasteiger charge is 2.14. The number of unbranched alkanes of at least 4 members (excludes halogenated alkanes) is 16. The molecule has 0 bridgehead atoms. The maximum absolute atomic E-state index is 12.5. The first-order chi connectivity index (χ1) is 26.1. The zero-order valence-electron chi connectivity index (χ0n) is 35.0. The highest BCUT2D eigenvalue weighted by molar-refractivity contribution is 5.69. The van der Waals surface area contributed by atoms with Gasteiger partial charge in [0.1, 0.15) is 0 Å². The maximum atomic E-state index is 12.5. The molecule has 0 saturated heterocycles. The summed E-state index contributed by atoms with van der Waals surface area (Å²) in [6, 6.07) is 0. The molecule has 0 aromatic heterocycles. The predicted molar refractivity (Wildman–Crippen MR) is 221 cm³/mol. The average molecular weight is 752 g/mol. The molecule has 0 radical (unpaired) electrons. The van der Waals surface area contributed by atoms with Crippen molar-refractivity contribution in [2.75, 3.05) is 52.7 Å². The summed E-state index contributed by atoms with van der Waals surface area (Å²) >= 11 is 0. The van der Waals surface area contributed by atoms with Gasteiger partial charge in [0.15, 0.2) is 6.29 Å². The molecule has 0 aliphatic rings. The highest BCUT2D eigenvalue weighted by atomic mass is 16.7. The van der Waals surface area contributed by atoms with E-state index in [1.54, 1.807) is 0 Å². The lowest BCUT2D eigenvalue weighted by Gasteiger charge is -2.22. The van der Waals surface area contributed by atoms with E-state index >= 15 is 0 Å². The summed E-state index contributed by atoms with van der Waals surface area (Å²) in [7, 11) is 0. The van der Waals surface area contributed by atoms with Gasteiger partial charge in [-0.15, -0.1) is 0 Å². The van der Waals surface area contributed by atoms with E-state index in [1.165, 1.54) is 32.1 Å². The second-order valence-corrected chi connectivity index (χ2v) is 14.5. The zero-order valence-corrected chi connectivity index (χ0v) is 35.0. The summed E-state index contributed by atoms with van der Waals surface area (Å²) in [5.41, 5.74) is 0. The van der Waals surface area contributed by atoms with Crippen molar-refractivity contribution in [1.82, 2.24) is 4.90 Å². The monoisotopic (exact) mass is 752 g/mol.